The van der Waals surface area contributed by atoms with E-state index in [0.29, 0.717) is 30.4 Å². The van der Waals surface area contributed by atoms with Gasteiger partial charge in [-0.25, -0.2) is 0 Å². The zero-order chi connectivity index (χ0) is 13.7. The van der Waals surface area contributed by atoms with Crippen LogP contribution in [0.5, 0.6) is 5.75 Å². The molecule has 0 saturated carbocycles. The molecule has 0 saturated heterocycles. The largest absolute Gasteiger partial charge is 0.484 e. The Labute approximate surface area is 111 Å². The molecule has 0 unspecified atom stereocenters. The zero-order valence-electron chi connectivity index (χ0n) is 11.0. The molecule has 0 atom stereocenters. The van der Waals surface area contributed by atoms with Crippen molar-refractivity contribution in [3.63, 3.8) is 0 Å². The molecule has 0 aliphatic rings. The summed E-state index contributed by atoms with van der Waals surface area (Å²) in [5.74, 6) is 1.93. The van der Waals surface area contributed by atoms with Gasteiger partial charge in [-0.15, -0.1) is 10.2 Å². The lowest BCUT2D eigenvalue weighted by atomic mass is 10.1. The third-order valence-electron chi connectivity index (χ3n) is 2.55. The highest BCUT2D eigenvalue weighted by Crippen LogP contribution is 2.14. The van der Waals surface area contributed by atoms with E-state index >= 15 is 0 Å². The summed E-state index contributed by atoms with van der Waals surface area (Å²) in [6.45, 7) is 3.77. The number of aromatic nitrogens is 2. The van der Waals surface area contributed by atoms with Crippen LogP contribution in [0.15, 0.2) is 28.7 Å². The number of carbonyl (C=O) groups excluding carboxylic acids is 1. The van der Waals surface area contributed by atoms with Crippen LogP contribution >= 0.6 is 0 Å². The maximum Gasteiger partial charge on any atom is 0.253 e. The number of hydrogen-bond acceptors (Lipinski definition) is 5. The summed E-state index contributed by atoms with van der Waals surface area (Å²) in [7, 11) is 0. The van der Waals surface area contributed by atoms with Gasteiger partial charge in [0, 0.05) is 12.8 Å². The molecule has 1 aromatic carbocycles. The molecule has 19 heavy (non-hydrogen) atoms. The summed E-state index contributed by atoms with van der Waals surface area (Å²) in [6.07, 6.45) is 1.16. The van der Waals surface area contributed by atoms with Gasteiger partial charge in [-0.3, -0.25) is 4.79 Å². The van der Waals surface area contributed by atoms with E-state index in [2.05, 4.69) is 10.2 Å². The van der Waals surface area contributed by atoms with Crippen molar-refractivity contribution in [3.8, 4) is 5.75 Å². The number of nitrogens with zero attached hydrogens (tertiary/aromatic N) is 2. The Balaban J connectivity index is 1.90. The summed E-state index contributed by atoms with van der Waals surface area (Å²) in [4.78, 5) is 11.0. The molecule has 5 nitrogen and oxygen atoms in total. The first-order valence-corrected chi connectivity index (χ1v) is 6.20. The predicted molar refractivity (Wildman–Crippen MR) is 68.8 cm³/mol. The van der Waals surface area contributed by atoms with Crippen LogP contribution in [-0.2, 0) is 24.2 Å². The van der Waals surface area contributed by atoms with Crippen molar-refractivity contribution in [3.05, 3.63) is 41.6 Å². The molecule has 0 radical (unpaired) electrons. The van der Waals surface area contributed by atoms with E-state index in [1.165, 1.54) is 0 Å². The normalized spacial score (nSPS) is 10.4. The van der Waals surface area contributed by atoms with Gasteiger partial charge in [0.1, 0.15) is 11.5 Å². The van der Waals surface area contributed by atoms with Crippen LogP contribution in [0.2, 0.25) is 0 Å². The maximum absolute atomic E-state index is 11.0. The number of hydrogen-bond donors (Lipinski definition) is 0. The Morgan fingerprint density at radius 3 is 2.47 bits per heavy atom. The van der Waals surface area contributed by atoms with Gasteiger partial charge in [0.25, 0.3) is 5.89 Å². The molecule has 0 amide bonds. The lowest BCUT2D eigenvalue weighted by Gasteiger charge is -2.04. The molecule has 100 valence electrons. The van der Waals surface area contributed by atoms with E-state index in [1.54, 1.807) is 6.92 Å². The summed E-state index contributed by atoms with van der Waals surface area (Å²) in [5.41, 5.74) is 0.978. The van der Waals surface area contributed by atoms with Crippen LogP contribution in [0.4, 0.5) is 0 Å². The maximum atomic E-state index is 11.0. The fraction of sp³-hybridized carbons (Fsp3) is 0.357. The molecule has 1 heterocycles. The van der Waals surface area contributed by atoms with E-state index in [-0.39, 0.29) is 12.4 Å². The number of rotatable bonds is 6. The smallest absolute Gasteiger partial charge is 0.253 e. The highest BCUT2D eigenvalue weighted by atomic mass is 16.5. The quantitative estimate of drug-likeness (QED) is 0.797. The van der Waals surface area contributed by atoms with E-state index in [1.807, 2.05) is 31.2 Å². The average Bonchev–Trinajstić information content (AvgIpc) is 2.85. The molecule has 0 N–H and O–H groups in total. The summed E-state index contributed by atoms with van der Waals surface area (Å²) in [6, 6.07) is 7.41. The highest BCUT2D eigenvalue weighted by molar-refractivity contribution is 5.78. The number of benzene rings is 1. The van der Waals surface area contributed by atoms with Crippen LogP contribution in [0.3, 0.4) is 0 Å². The number of Topliss-reactive ketones (excluding diaryl/α,β-unsaturated/α-hetero) is 1. The SMILES string of the molecule is CCc1nnc(COc2ccc(CC(C)=O)cc2)o1. The molecule has 1 aromatic heterocycles. The van der Waals surface area contributed by atoms with Crippen LogP contribution in [0.25, 0.3) is 0 Å². The molecular weight excluding hydrogens is 244 g/mol. The number of ether oxygens (including phenoxy) is 1. The minimum atomic E-state index is 0.145. The second-order valence-corrected chi connectivity index (χ2v) is 4.25. The molecule has 2 aromatic rings. The molecule has 5 heteroatoms. The van der Waals surface area contributed by atoms with Crippen molar-refractivity contribution in [1.82, 2.24) is 10.2 Å². The van der Waals surface area contributed by atoms with E-state index in [4.69, 9.17) is 9.15 Å². The van der Waals surface area contributed by atoms with E-state index in [9.17, 15) is 4.79 Å². The minimum absolute atomic E-state index is 0.145. The second kappa shape index (κ2) is 6.13. The predicted octanol–water partition coefficient (Wildman–Crippen LogP) is 2.34. The van der Waals surface area contributed by atoms with Gasteiger partial charge < -0.3 is 9.15 Å². The lowest BCUT2D eigenvalue weighted by molar-refractivity contribution is -0.116. The molecule has 0 fully saturated rings. The summed E-state index contributed by atoms with van der Waals surface area (Å²) < 4.78 is 10.9. The first kappa shape index (κ1) is 13.3. The minimum Gasteiger partial charge on any atom is -0.484 e. The third-order valence-corrected chi connectivity index (χ3v) is 2.55. The van der Waals surface area contributed by atoms with Crippen LogP contribution < -0.4 is 4.74 Å². The number of aryl methyl sites for hydroxylation is 1. The van der Waals surface area contributed by atoms with Crippen LogP contribution in [-0.4, -0.2) is 16.0 Å². The van der Waals surface area contributed by atoms with E-state index in [0.717, 1.165) is 5.56 Å². The molecular formula is C14H16N2O3. The Kier molecular flexibility index (Phi) is 4.28. The van der Waals surface area contributed by atoms with Crippen molar-refractivity contribution in [2.45, 2.75) is 33.3 Å². The van der Waals surface area contributed by atoms with Gasteiger partial charge >= 0.3 is 0 Å². The van der Waals surface area contributed by atoms with Gasteiger partial charge in [-0.1, -0.05) is 19.1 Å². The van der Waals surface area contributed by atoms with Crippen molar-refractivity contribution >= 4 is 5.78 Å². The first-order valence-electron chi connectivity index (χ1n) is 6.20. The van der Waals surface area contributed by atoms with Gasteiger partial charge in [0.2, 0.25) is 5.89 Å². The fourth-order valence-electron chi connectivity index (χ4n) is 1.63. The average molecular weight is 260 g/mol. The van der Waals surface area contributed by atoms with Crippen LogP contribution in [0.1, 0.15) is 31.2 Å². The standard InChI is InChI=1S/C14H16N2O3/c1-3-13-15-16-14(19-13)9-18-12-6-4-11(5-7-12)8-10(2)17/h4-7H,3,8-9H2,1-2H3. The molecule has 0 spiro atoms. The first-order chi connectivity index (χ1) is 9.17. The molecule has 0 bridgehead atoms. The third kappa shape index (κ3) is 3.91. The lowest BCUT2D eigenvalue weighted by Crippen LogP contribution is -1.98. The van der Waals surface area contributed by atoms with E-state index < -0.39 is 0 Å². The van der Waals surface area contributed by atoms with Gasteiger partial charge in [0.05, 0.1) is 0 Å². The zero-order valence-corrected chi connectivity index (χ0v) is 11.0. The van der Waals surface area contributed by atoms with Crippen molar-refractivity contribution < 1.29 is 13.9 Å². The monoisotopic (exact) mass is 260 g/mol. The van der Waals surface area contributed by atoms with Crippen molar-refractivity contribution in [1.29, 1.82) is 0 Å². The molecule has 2 rings (SSSR count). The Bertz CT molecular complexity index is 546. The molecule has 0 aliphatic carbocycles. The molecule has 0 aliphatic heterocycles. The van der Waals surface area contributed by atoms with Crippen molar-refractivity contribution in [2.75, 3.05) is 0 Å². The van der Waals surface area contributed by atoms with Gasteiger partial charge in [-0.2, -0.15) is 0 Å². The number of carbonyl (C=O) groups is 1. The fourth-order valence-corrected chi connectivity index (χ4v) is 1.63. The van der Waals surface area contributed by atoms with Gasteiger partial charge in [0.15, 0.2) is 6.61 Å². The summed E-state index contributed by atoms with van der Waals surface area (Å²) >= 11 is 0. The number of ketones is 1. The van der Waals surface area contributed by atoms with Crippen LogP contribution in [0, 0.1) is 0 Å². The topological polar surface area (TPSA) is 65.2 Å². The Morgan fingerprint density at radius 1 is 1.21 bits per heavy atom. The van der Waals surface area contributed by atoms with Crippen molar-refractivity contribution in [2.24, 2.45) is 0 Å². The summed E-state index contributed by atoms with van der Waals surface area (Å²) in [5, 5.41) is 7.73. The second-order valence-electron chi connectivity index (χ2n) is 4.25. The highest BCUT2D eigenvalue weighted by Gasteiger charge is 2.05. The Morgan fingerprint density at radius 2 is 1.89 bits per heavy atom. The Hall–Kier alpha value is -2.17. The van der Waals surface area contributed by atoms with Gasteiger partial charge in [-0.05, 0) is 24.6 Å².